The van der Waals surface area contributed by atoms with Crippen molar-refractivity contribution < 1.29 is 9.21 Å². The van der Waals surface area contributed by atoms with Gasteiger partial charge in [0, 0.05) is 24.1 Å². The number of nitrogens with zero attached hydrogens (tertiary/aromatic N) is 2. The lowest BCUT2D eigenvalue weighted by Gasteiger charge is -2.10. The molecule has 0 saturated heterocycles. The molecule has 2 aromatic carbocycles. The Morgan fingerprint density at radius 2 is 1.78 bits per heavy atom. The number of nitrogens with one attached hydrogen (secondary N) is 1. The van der Waals surface area contributed by atoms with E-state index in [9.17, 15) is 4.79 Å². The van der Waals surface area contributed by atoms with Gasteiger partial charge in [-0.3, -0.25) is 4.79 Å². The van der Waals surface area contributed by atoms with Crippen LogP contribution in [0.2, 0.25) is 0 Å². The number of rotatable bonds is 7. The molecule has 5 heteroatoms. The Kier molecular flexibility index (Phi) is 6.01. The molecule has 0 radical (unpaired) electrons. The fourth-order valence-corrected chi connectivity index (χ4v) is 2.74. The number of anilines is 1. The standard InChI is InChI=1S/C22H25N3O2/c1-4-16(3)17-9-11-19(12-10-17)23-20(26)13-14-21-24-25-22(27-21)18-7-5-15(2)6-8-18/h5-12,16H,4,13-14H2,1-3H3,(H,23,26). The van der Waals surface area contributed by atoms with Gasteiger partial charge < -0.3 is 9.73 Å². The molecule has 1 amide bonds. The van der Waals surface area contributed by atoms with Crippen molar-refractivity contribution >= 4 is 11.6 Å². The van der Waals surface area contributed by atoms with Gasteiger partial charge in [-0.15, -0.1) is 10.2 Å². The molecule has 1 unspecified atom stereocenters. The number of hydrogen-bond acceptors (Lipinski definition) is 4. The van der Waals surface area contributed by atoms with Crippen molar-refractivity contribution in [2.75, 3.05) is 5.32 Å². The van der Waals surface area contributed by atoms with E-state index in [0.717, 1.165) is 17.7 Å². The van der Waals surface area contributed by atoms with Gasteiger partial charge in [-0.1, -0.05) is 43.7 Å². The van der Waals surface area contributed by atoms with E-state index in [4.69, 9.17) is 4.42 Å². The number of aromatic nitrogens is 2. The van der Waals surface area contributed by atoms with Gasteiger partial charge in [0.05, 0.1) is 0 Å². The Morgan fingerprint density at radius 3 is 2.44 bits per heavy atom. The van der Waals surface area contributed by atoms with E-state index in [1.54, 1.807) is 0 Å². The van der Waals surface area contributed by atoms with Gasteiger partial charge in [0.15, 0.2) is 0 Å². The molecule has 0 fully saturated rings. The van der Waals surface area contributed by atoms with Crippen LogP contribution in [0.3, 0.4) is 0 Å². The van der Waals surface area contributed by atoms with Crippen molar-refractivity contribution in [3.8, 4) is 11.5 Å². The van der Waals surface area contributed by atoms with Crippen molar-refractivity contribution in [3.63, 3.8) is 0 Å². The molecule has 0 aliphatic heterocycles. The van der Waals surface area contributed by atoms with Crippen LogP contribution in [0.25, 0.3) is 11.5 Å². The molecule has 1 atom stereocenters. The molecular weight excluding hydrogens is 338 g/mol. The minimum Gasteiger partial charge on any atom is -0.421 e. The number of carbonyl (C=O) groups excluding carboxylic acids is 1. The summed E-state index contributed by atoms with van der Waals surface area (Å²) in [5.41, 5.74) is 4.14. The van der Waals surface area contributed by atoms with E-state index >= 15 is 0 Å². The normalized spacial score (nSPS) is 12.0. The zero-order valence-electron chi connectivity index (χ0n) is 16.0. The molecule has 0 aliphatic rings. The maximum absolute atomic E-state index is 12.2. The van der Waals surface area contributed by atoms with Crippen LogP contribution >= 0.6 is 0 Å². The number of benzene rings is 2. The third kappa shape index (κ3) is 5.03. The van der Waals surface area contributed by atoms with Gasteiger partial charge in [-0.25, -0.2) is 0 Å². The number of hydrogen-bond donors (Lipinski definition) is 1. The molecule has 0 bridgehead atoms. The van der Waals surface area contributed by atoms with Crippen LogP contribution in [-0.4, -0.2) is 16.1 Å². The second kappa shape index (κ2) is 8.62. The van der Waals surface area contributed by atoms with Gasteiger partial charge >= 0.3 is 0 Å². The first-order chi connectivity index (χ1) is 13.0. The summed E-state index contributed by atoms with van der Waals surface area (Å²) in [7, 11) is 0. The van der Waals surface area contributed by atoms with Crippen molar-refractivity contribution in [3.05, 3.63) is 65.5 Å². The number of amides is 1. The summed E-state index contributed by atoms with van der Waals surface area (Å²) in [4.78, 5) is 12.2. The highest BCUT2D eigenvalue weighted by atomic mass is 16.4. The number of carbonyl (C=O) groups is 1. The average Bonchev–Trinajstić information content (AvgIpc) is 3.16. The first-order valence-electron chi connectivity index (χ1n) is 9.34. The van der Waals surface area contributed by atoms with Crippen molar-refractivity contribution in [1.29, 1.82) is 0 Å². The zero-order chi connectivity index (χ0) is 19.2. The maximum Gasteiger partial charge on any atom is 0.247 e. The van der Waals surface area contributed by atoms with E-state index in [1.165, 1.54) is 11.1 Å². The summed E-state index contributed by atoms with van der Waals surface area (Å²) >= 11 is 0. The molecule has 3 aromatic rings. The van der Waals surface area contributed by atoms with Gasteiger partial charge in [0.1, 0.15) is 0 Å². The third-order valence-electron chi connectivity index (χ3n) is 4.71. The first kappa shape index (κ1) is 18.8. The molecule has 1 heterocycles. The Hall–Kier alpha value is -2.95. The molecule has 5 nitrogen and oxygen atoms in total. The lowest BCUT2D eigenvalue weighted by atomic mass is 9.99. The van der Waals surface area contributed by atoms with E-state index in [1.807, 2.05) is 43.3 Å². The lowest BCUT2D eigenvalue weighted by molar-refractivity contribution is -0.116. The highest BCUT2D eigenvalue weighted by molar-refractivity contribution is 5.90. The Labute approximate surface area is 159 Å². The highest BCUT2D eigenvalue weighted by Crippen LogP contribution is 2.21. The molecule has 27 heavy (non-hydrogen) atoms. The van der Waals surface area contributed by atoms with Gasteiger partial charge in [0.2, 0.25) is 17.7 Å². The fourth-order valence-electron chi connectivity index (χ4n) is 2.74. The Bertz CT molecular complexity index is 883. The predicted octanol–water partition coefficient (Wildman–Crippen LogP) is 5.13. The minimum atomic E-state index is -0.0682. The second-order valence-corrected chi connectivity index (χ2v) is 6.85. The molecular formula is C22H25N3O2. The first-order valence-corrected chi connectivity index (χ1v) is 9.34. The van der Waals surface area contributed by atoms with Crippen LogP contribution in [0.4, 0.5) is 5.69 Å². The van der Waals surface area contributed by atoms with Crippen LogP contribution in [0.5, 0.6) is 0 Å². The molecule has 0 aliphatic carbocycles. The van der Waals surface area contributed by atoms with Crippen molar-refractivity contribution in [2.24, 2.45) is 0 Å². The summed E-state index contributed by atoms with van der Waals surface area (Å²) in [5.74, 6) is 1.40. The summed E-state index contributed by atoms with van der Waals surface area (Å²) in [6.45, 7) is 6.39. The van der Waals surface area contributed by atoms with Crippen molar-refractivity contribution in [1.82, 2.24) is 10.2 Å². The van der Waals surface area contributed by atoms with E-state index in [2.05, 4.69) is 41.5 Å². The number of aryl methyl sites for hydroxylation is 2. The molecule has 1 N–H and O–H groups in total. The maximum atomic E-state index is 12.2. The molecule has 0 saturated carbocycles. The minimum absolute atomic E-state index is 0.0682. The molecule has 0 spiro atoms. The Morgan fingerprint density at radius 1 is 1.07 bits per heavy atom. The molecule has 140 valence electrons. The van der Waals surface area contributed by atoms with Crippen LogP contribution in [0, 0.1) is 6.92 Å². The molecule has 3 rings (SSSR count). The van der Waals surface area contributed by atoms with Gasteiger partial charge in [-0.05, 0) is 49.1 Å². The summed E-state index contributed by atoms with van der Waals surface area (Å²) in [6.07, 6.45) is 1.80. The second-order valence-electron chi connectivity index (χ2n) is 6.85. The summed E-state index contributed by atoms with van der Waals surface area (Å²) in [6, 6.07) is 15.9. The Balaban J connectivity index is 1.53. The highest BCUT2D eigenvalue weighted by Gasteiger charge is 2.11. The van der Waals surface area contributed by atoms with Crippen LogP contribution in [-0.2, 0) is 11.2 Å². The molecule has 1 aromatic heterocycles. The quantitative estimate of drug-likeness (QED) is 0.632. The van der Waals surface area contributed by atoms with Crippen molar-refractivity contribution in [2.45, 2.75) is 46.0 Å². The smallest absolute Gasteiger partial charge is 0.247 e. The van der Waals surface area contributed by atoms with E-state index in [-0.39, 0.29) is 5.91 Å². The van der Waals surface area contributed by atoms with Crippen LogP contribution in [0.1, 0.15) is 49.6 Å². The van der Waals surface area contributed by atoms with Crippen LogP contribution < -0.4 is 5.32 Å². The van der Waals surface area contributed by atoms with Gasteiger partial charge in [0.25, 0.3) is 0 Å². The summed E-state index contributed by atoms with van der Waals surface area (Å²) < 4.78 is 5.66. The topological polar surface area (TPSA) is 68.0 Å². The van der Waals surface area contributed by atoms with E-state index < -0.39 is 0 Å². The van der Waals surface area contributed by atoms with Gasteiger partial charge in [-0.2, -0.15) is 0 Å². The zero-order valence-corrected chi connectivity index (χ0v) is 16.0. The average molecular weight is 363 g/mol. The SMILES string of the molecule is CCC(C)c1ccc(NC(=O)CCc2nnc(-c3ccc(C)cc3)o2)cc1. The van der Waals surface area contributed by atoms with E-state index in [0.29, 0.717) is 30.5 Å². The fraction of sp³-hybridized carbons (Fsp3) is 0.318. The predicted molar refractivity (Wildman–Crippen MR) is 107 cm³/mol. The largest absolute Gasteiger partial charge is 0.421 e. The third-order valence-corrected chi connectivity index (χ3v) is 4.71. The lowest BCUT2D eigenvalue weighted by Crippen LogP contribution is -2.12. The monoisotopic (exact) mass is 363 g/mol. The summed E-state index contributed by atoms with van der Waals surface area (Å²) in [5, 5.41) is 11.0. The van der Waals surface area contributed by atoms with Crippen LogP contribution in [0.15, 0.2) is 52.9 Å².